The molecule has 0 N–H and O–H groups in total. The smallest absolute Gasteiger partial charge is 0.0785 e. The minimum atomic E-state index is 0.500. The Kier molecular flexibility index (Phi) is 373000. The average molecular weight is 153 g/mol. The molecule has 10 heavy (non-hydrogen) atoms. The van der Waals surface area contributed by atoms with E-state index < -0.39 is 0 Å². The van der Waals surface area contributed by atoms with Gasteiger partial charge in [0.1, 0.15) is 0 Å². The first-order valence-corrected chi connectivity index (χ1v) is 4.38. The maximum atomic E-state index is 9.50. The van der Waals surface area contributed by atoms with E-state index in [2.05, 4.69) is 0 Å². The van der Waals surface area contributed by atoms with Crippen LogP contribution in [0.4, 0.5) is 4.39 Å². The minimum absolute atomic E-state index is 0.500. The van der Waals surface area contributed by atoms with Crippen LogP contribution in [0.15, 0.2) is 0 Å². The van der Waals surface area contributed by atoms with Crippen molar-refractivity contribution < 1.29 is 4.39 Å². The molecule has 0 amide bonds. The van der Waals surface area contributed by atoms with Gasteiger partial charge in [-0.1, -0.05) is 55.4 Å². The zero-order chi connectivity index (χ0) is 10.0. The van der Waals surface area contributed by atoms with Gasteiger partial charge in [-0.15, -0.1) is 0 Å². The van der Waals surface area contributed by atoms with Gasteiger partial charge in [0.15, 0.2) is 0 Å². The van der Waals surface area contributed by atoms with E-state index in [-0.39, 0.29) is 0 Å². The van der Waals surface area contributed by atoms with Crippen LogP contribution in [0.2, 0.25) is 0 Å². The fourth-order valence-electron chi connectivity index (χ4n) is 0. The fourth-order valence-corrected chi connectivity index (χ4v) is 0. The van der Waals surface area contributed by atoms with Gasteiger partial charge in [-0.2, -0.15) is 0 Å². The Balaban J connectivity index is -0.0000000104. The summed E-state index contributed by atoms with van der Waals surface area (Å²) in [5, 5.41) is 0. The molecule has 0 aliphatic carbocycles. The summed E-state index contributed by atoms with van der Waals surface area (Å²) in [6.07, 6.45) is 0. The molecule has 0 aliphatic heterocycles. The molecule has 0 unspecified atom stereocenters. The molecule has 0 nitrogen and oxygen atoms in total. The molecule has 0 aromatic heterocycles. The van der Waals surface area contributed by atoms with E-state index in [0.717, 1.165) is 0 Å². The second-order valence-corrected chi connectivity index (χ2v) is 0. The van der Waals surface area contributed by atoms with Gasteiger partial charge in [-0.3, -0.25) is 4.39 Å². The van der Waals surface area contributed by atoms with Crippen LogP contribution in [0.25, 0.3) is 0 Å². The van der Waals surface area contributed by atoms with Crippen molar-refractivity contribution in [2.75, 3.05) is 7.18 Å². The van der Waals surface area contributed by atoms with Crippen molar-refractivity contribution in [3.05, 3.63) is 0 Å². The van der Waals surface area contributed by atoms with E-state index in [1.165, 1.54) is 0 Å². The van der Waals surface area contributed by atoms with E-state index >= 15 is 0 Å². The molecule has 0 atom stereocenters. The lowest BCUT2D eigenvalue weighted by Gasteiger charge is -1.10. The summed E-state index contributed by atoms with van der Waals surface area (Å²) >= 11 is 0. The SMILES string of the molecule is CC.CC.CC.CC.C[18F]. The minimum Gasteiger partial charge on any atom is -0.255 e. The Morgan fingerprint density at radius 2 is 0.400 bits per heavy atom. The van der Waals surface area contributed by atoms with Crippen molar-refractivity contribution >= 4 is 0 Å². The molecule has 0 radical (unpaired) electrons. The maximum absolute atomic E-state index is 9.50. The molecule has 0 heterocycles. The van der Waals surface area contributed by atoms with Gasteiger partial charge in [0.05, 0.1) is 7.18 Å². The maximum Gasteiger partial charge on any atom is 0.0785 e. The first-order valence-electron chi connectivity index (χ1n) is 4.38. The van der Waals surface area contributed by atoms with Gasteiger partial charge >= 0.3 is 0 Å². The molecular weight excluding hydrogens is 126 g/mol. The van der Waals surface area contributed by atoms with Crippen LogP contribution in [-0.4, -0.2) is 7.18 Å². The number of hydrogen-bond acceptors (Lipinski definition) is 0. The van der Waals surface area contributed by atoms with Crippen molar-refractivity contribution in [1.29, 1.82) is 0 Å². The molecule has 0 fully saturated rings. The lowest BCUT2D eigenvalue weighted by atomic mass is 11.0. The molecule has 0 aromatic rings. The van der Waals surface area contributed by atoms with Crippen molar-refractivity contribution in [1.82, 2.24) is 0 Å². The van der Waals surface area contributed by atoms with Crippen molar-refractivity contribution in [2.24, 2.45) is 0 Å². The standard InChI is InChI=1S/4C2H6.CH3F/c5*1-2/h4*1-2H3;1H3/i;;;;2-1. The highest BCUT2D eigenvalue weighted by Crippen LogP contribution is 1.16. The third kappa shape index (κ3) is 77700. The number of alkyl halides is 1. The highest BCUT2D eigenvalue weighted by Gasteiger charge is 0.939. The van der Waals surface area contributed by atoms with Crippen LogP contribution in [0.3, 0.4) is 0 Å². The van der Waals surface area contributed by atoms with E-state index in [4.69, 9.17) is 0 Å². The van der Waals surface area contributed by atoms with E-state index in [0.29, 0.717) is 7.18 Å². The number of rotatable bonds is 0. The van der Waals surface area contributed by atoms with Gasteiger partial charge in [0, 0.05) is 0 Å². The normalized spacial score (nSPS) is 3.00. The monoisotopic (exact) mass is 153 g/mol. The third-order valence-electron chi connectivity index (χ3n) is 0. The molecule has 0 saturated heterocycles. The summed E-state index contributed by atoms with van der Waals surface area (Å²) in [4.78, 5) is 0. The molecule has 0 bridgehead atoms. The predicted molar refractivity (Wildman–Crippen MR) is 52.4 cm³/mol. The van der Waals surface area contributed by atoms with Crippen LogP contribution >= 0.6 is 0 Å². The van der Waals surface area contributed by atoms with Crippen LogP contribution in [0.5, 0.6) is 0 Å². The molecule has 0 rings (SSSR count). The number of hydrogen-bond donors (Lipinski definition) is 0. The Morgan fingerprint density at radius 1 is 0.400 bits per heavy atom. The van der Waals surface area contributed by atoms with Crippen LogP contribution in [-0.2, 0) is 0 Å². The summed E-state index contributed by atoms with van der Waals surface area (Å²) in [7, 11) is 0.500. The Hall–Kier alpha value is -0.0700. The summed E-state index contributed by atoms with van der Waals surface area (Å²) in [5.74, 6) is 0. The molecule has 0 aromatic carbocycles. The number of halogens is 1. The van der Waals surface area contributed by atoms with Crippen molar-refractivity contribution in [3.63, 3.8) is 0 Å². The van der Waals surface area contributed by atoms with Crippen molar-refractivity contribution in [2.45, 2.75) is 55.4 Å². The second kappa shape index (κ2) is 115000. The third-order valence-corrected chi connectivity index (χ3v) is 0. The van der Waals surface area contributed by atoms with Gasteiger partial charge in [-0.05, 0) is 0 Å². The highest BCUT2D eigenvalue weighted by atomic mass is 18.2. The molecule has 0 saturated carbocycles. The lowest BCUT2D eigenvalue weighted by Crippen LogP contribution is -0.939. The first kappa shape index (κ1) is 32.6. The zero-order valence-electron chi connectivity index (χ0n) is 9.38. The van der Waals surface area contributed by atoms with Gasteiger partial charge in [0.25, 0.3) is 0 Å². The Labute approximate surface area is 67.8 Å². The van der Waals surface area contributed by atoms with Gasteiger partial charge in [-0.25, -0.2) is 0 Å². The van der Waals surface area contributed by atoms with E-state index in [9.17, 15) is 4.39 Å². The Bertz CT molecular complexity index is 4.69. The van der Waals surface area contributed by atoms with E-state index in [1.807, 2.05) is 55.4 Å². The molecular formula is C9H27F. The summed E-state index contributed by atoms with van der Waals surface area (Å²) in [6, 6.07) is 0. The Morgan fingerprint density at radius 3 is 0.400 bits per heavy atom. The van der Waals surface area contributed by atoms with Gasteiger partial charge < -0.3 is 0 Å². The van der Waals surface area contributed by atoms with Gasteiger partial charge in [0.2, 0.25) is 0 Å². The zero-order valence-corrected chi connectivity index (χ0v) is 9.38. The van der Waals surface area contributed by atoms with Crippen molar-refractivity contribution in [3.8, 4) is 0 Å². The largest absolute Gasteiger partial charge is 0.255 e. The second-order valence-electron chi connectivity index (χ2n) is 0. The van der Waals surface area contributed by atoms with Crippen LogP contribution in [0, 0.1) is 0 Å². The summed E-state index contributed by atoms with van der Waals surface area (Å²) in [5.41, 5.74) is 0. The molecule has 70 valence electrons. The lowest BCUT2D eigenvalue weighted by molar-refractivity contribution is 0.636. The van der Waals surface area contributed by atoms with Crippen LogP contribution in [0.1, 0.15) is 55.4 Å². The quantitative estimate of drug-likeness (QED) is 0.473. The first-order chi connectivity index (χ1) is 5.00. The highest BCUT2D eigenvalue weighted by molar-refractivity contribution is 3.51. The summed E-state index contributed by atoms with van der Waals surface area (Å²) < 4.78 is 9.50. The average Bonchev–Trinajstić information content (AvgIpc) is 2.20. The fraction of sp³-hybridized carbons (Fsp3) is 1.00. The summed E-state index contributed by atoms with van der Waals surface area (Å²) in [6.45, 7) is 16.0. The topological polar surface area (TPSA) is 0 Å². The van der Waals surface area contributed by atoms with E-state index in [1.54, 1.807) is 0 Å². The predicted octanol–water partition coefficient (Wildman–Crippen LogP) is 4.69. The van der Waals surface area contributed by atoms with Crippen LogP contribution < -0.4 is 0 Å². The molecule has 0 spiro atoms. The molecule has 1 heteroatoms. The molecule has 0 aliphatic rings.